The van der Waals surface area contributed by atoms with Gasteiger partial charge in [0.15, 0.2) is 0 Å². The maximum absolute atomic E-state index is 5.96. The van der Waals surface area contributed by atoms with Crippen molar-refractivity contribution in [3.63, 3.8) is 0 Å². The molecule has 0 spiro atoms. The summed E-state index contributed by atoms with van der Waals surface area (Å²) in [5, 5.41) is 1.24. The molecule has 20 heavy (non-hydrogen) atoms. The number of nitrogens with one attached hydrogen (secondary N) is 1. The average Bonchev–Trinajstić information content (AvgIpc) is 2.91. The first-order valence-corrected chi connectivity index (χ1v) is 6.92. The minimum absolute atomic E-state index is 0.591. The van der Waals surface area contributed by atoms with Crippen LogP contribution in [0.15, 0.2) is 54.7 Å². The van der Waals surface area contributed by atoms with Crippen molar-refractivity contribution in [3.8, 4) is 5.75 Å². The van der Waals surface area contributed by atoms with Crippen molar-refractivity contribution in [2.75, 3.05) is 0 Å². The van der Waals surface area contributed by atoms with Gasteiger partial charge in [0.05, 0.1) is 5.52 Å². The molecular weight excluding hydrogens is 246 g/mol. The third kappa shape index (κ3) is 2.55. The summed E-state index contributed by atoms with van der Waals surface area (Å²) in [7, 11) is 0. The van der Waals surface area contributed by atoms with Gasteiger partial charge in [0.1, 0.15) is 12.4 Å². The maximum Gasteiger partial charge on any atom is 0.143 e. The monoisotopic (exact) mass is 264 g/mol. The first-order valence-electron chi connectivity index (χ1n) is 6.92. The quantitative estimate of drug-likeness (QED) is 0.720. The van der Waals surface area contributed by atoms with E-state index in [0.717, 1.165) is 17.7 Å². The van der Waals surface area contributed by atoms with E-state index in [1.54, 1.807) is 0 Å². The molecule has 1 aromatic heterocycles. The largest absolute Gasteiger partial charge is 0.487 e. The van der Waals surface area contributed by atoms with Gasteiger partial charge in [0.2, 0.25) is 0 Å². The van der Waals surface area contributed by atoms with Crippen LogP contribution in [0.1, 0.15) is 18.1 Å². The Morgan fingerprint density at radius 2 is 1.90 bits per heavy atom. The molecule has 0 fully saturated rings. The number of benzene rings is 2. The molecule has 0 amide bonds. The van der Waals surface area contributed by atoms with E-state index in [4.69, 9.17) is 4.74 Å². The molecule has 0 aliphatic rings. The molecule has 0 aliphatic carbocycles. The van der Waals surface area contributed by atoms with Crippen LogP contribution >= 0.6 is 0 Å². The van der Waals surface area contributed by atoms with Gasteiger partial charge in [0, 0.05) is 11.6 Å². The lowest BCUT2D eigenvalue weighted by atomic mass is 10.1. The fraction of sp³-hybridized carbons (Fsp3) is 0.167. The SMILES string of the molecule is C[CH]Cc1c[nH]c2c(OCc3ccccc3)cccc12. The standard InChI is InChI=1S/C18H18NO/c1-2-7-15-12-19-18-16(15)10-6-11-17(18)20-13-14-8-4-3-5-9-14/h2-6,8-12,19H,7,13H2,1H3. The molecule has 0 atom stereocenters. The third-order valence-electron chi connectivity index (χ3n) is 3.42. The second-order valence-electron chi connectivity index (χ2n) is 4.88. The number of fused-ring (bicyclic) bond motifs is 1. The number of H-pyrrole nitrogens is 1. The van der Waals surface area contributed by atoms with E-state index >= 15 is 0 Å². The lowest BCUT2D eigenvalue weighted by Crippen LogP contribution is -1.95. The Hall–Kier alpha value is -2.22. The summed E-state index contributed by atoms with van der Waals surface area (Å²) >= 11 is 0. The summed E-state index contributed by atoms with van der Waals surface area (Å²) in [5.41, 5.74) is 3.58. The highest BCUT2D eigenvalue weighted by atomic mass is 16.5. The van der Waals surface area contributed by atoms with Crippen LogP contribution in [-0.2, 0) is 13.0 Å². The Morgan fingerprint density at radius 3 is 2.70 bits per heavy atom. The van der Waals surface area contributed by atoms with Crippen LogP contribution < -0.4 is 4.74 Å². The van der Waals surface area contributed by atoms with Crippen molar-refractivity contribution in [1.82, 2.24) is 4.98 Å². The van der Waals surface area contributed by atoms with Gasteiger partial charge < -0.3 is 9.72 Å². The summed E-state index contributed by atoms with van der Waals surface area (Å²) in [6.07, 6.45) is 5.21. The first-order chi connectivity index (χ1) is 9.88. The molecule has 0 aliphatic heterocycles. The van der Waals surface area contributed by atoms with Crippen molar-refractivity contribution in [2.24, 2.45) is 0 Å². The van der Waals surface area contributed by atoms with E-state index < -0.39 is 0 Å². The predicted molar refractivity (Wildman–Crippen MR) is 82.8 cm³/mol. The first kappa shape index (κ1) is 12.8. The molecule has 3 aromatic rings. The smallest absolute Gasteiger partial charge is 0.143 e. The maximum atomic E-state index is 5.96. The van der Waals surface area contributed by atoms with Crippen molar-refractivity contribution in [3.05, 3.63) is 72.3 Å². The molecule has 2 aromatic carbocycles. The Bertz CT molecular complexity index is 685. The van der Waals surface area contributed by atoms with Crippen LogP contribution in [0.5, 0.6) is 5.75 Å². The Labute approximate surface area is 119 Å². The van der Waals surface area contributed by atoms with Crippen molar-refractivity contribution >= 4 is 10.9 Å². The zero-order chi connectivity index (χ0) is 13.8. The number of aromatic amines is 1. The molecule has 3 rings (SSSR count). The van der Waals surface area contributed by atoms with Gasteiger partial charge in [-0.1, -0.05) is 49.4 Å². The van der Waals surface area contributed by atoms with E-state index in [-0.39, 0.29) is 0 Å². The van der Waals surface area contributed by atoms with Gasteiger partial charge >= 0.3 is 0 Å². The molecule has 0 saturated carbocycles. The number of hydrogen-bond acceptors (Lipinski definition) is 1. The lowest BCUT2D eigenvalue weighted by Gasteiger charge is -2.07. The van der Waals surface area contributed by atoms with Gasteiger partial charge in [-0.3, -0.25) is 0 Å². The van der Waals surface area contributed by atoms with E-state index in [1.807, 2.05) is 24.3 Å². The fourth-order valence-corrected chi connectivity index (χ4v) is 2.43. The molecule has 0 bridgehead atoms. The molecule has 2 nitrogen and oxygen atoms in total. The van der Waals surface area contributed by atoms with Crippen LogP contribution in [0.25, 0.3) is 10.9 Å². The Balaban J connectivity index is 1.85. The van der Waals surface area contributed by atoms with Gasteiger partial charge in [-0.05, 0) is 30.0 Å². The second-order valence-corrected chi connectivity index (χ2v) is 4.88. The summed E-state index contributed by atoms with van der Waals surface area (Å²) < 4.78 is 5.96. The van der Waals surface area contributed by atoms with Crippen LogP contribution in [0, 0.1) is 6.42 Å². The molecule has 1 N–H and O–H groups in total. The van der Waals surface area contributed by atoms with Crippen molar-refractivity contribution < 1.29 is 4.74 Å². The highest BCUT2D eigenvalue weighted by Crippen LogP contribution is 2.28. The number of hydrogen-bond donors (Lipinski definition) is 1. The lowest BCUT2D eigenvalue weighted by molar-refractivity contribution is 0.309. The highest BCUT2D eigenvalue weighted by Gasteiger charge is 2.07. The predicted octanol–water partition coefficient (Wildman–Crippen LogP) is 4.51. The van der Waals surface area contributed by atoms with Crippen LogP contribution in [-0.4, -0.2) is 4.98 Å². The Morgan fingerprint density at radius 1 is 1.05 bits per heavy atom. The summed E-state index contributed by atoms with van der Waals surface area (Å²) in [4.78, 5) is 3.33. The van der Waals surface area contributed by atoms with Crippen LogP contribution in [0.3, 0.4) is 0 Å². The molecule has 101 valence electrons. The number of para-hydroxylation sites is 1. The van der Waals surface area contributed by atoms with E-state index in [1.165, 1.54) is 16.5 Å². The van der Waals surface area contributed by atoms with Crippen LogP contribution in [0.4, 0.5) is 0 Å². The molecular formula is C18H18NO. The van der Waals surface area contributed by atoms with E-state index in [9.17, 15) is 0 Å². The summed E-state index contributed by atoms with van der Waals surface area (Å²) in [6.45, 7) is 2.67. The van der Waals surface area contributed by atoms with Gasteiger partial charge in [-0.2, -0.15) is 0 Å². The minimum atomic E-state index is 0.591. The van der Waals surface area contributed by atoms with Crippen LogP contribution in [0.2, 0.25) is 0 Å². The highest BCUT2D eigenvalue weighted by molar-refractivity contribution is 5.88. The third-order valence-corrected chi connectivity index (χ3v) is 3.42. The topological polar surface area (TPSA) is 25.0 Å². The molecule has 1 radical (unpaired) electrons. The summed E-state index contributed by atoms with van der Waals surface area (Å²) in [5.74, 6) is 0.911. The van der Waals surface area contributed by atoms with Crippen molar-refractivity contribution in [1.29, 1.82) is 0 Å². The van der Waals surface area contributed by atoms with E-state index in [0.29, 0.717) is 6.61 Å². The second kappa shape index (κ2) is 5.83. The number of ether oxygens (including phenoxy) is 1. The van der Waals surface area contributed by atoms with E-state index in [2.05, 4.69) is 48.8 Å². The van der Waals surface area contributed by atoms with Gasteiger partial charge in [-0.25, -0.2) is 0 Å². The molecule has 0 unspecified atom stereocenters. The zero-order valence-electron chi connectivity index (χ0n) is 11.6. The fourth-order valence-electron chi connectivity index (χ4n) is 2.43. The Kier molecular flexibility index (Phi) is 3.73. The van der Waals surface area contributed by atoms with Gasteiger partial charge in [-0.15, -0.1) is 0 Å². The van der Waals surface area contributed by atoms with Crippen molar-refractivity contribution in [2.45, 2.75) is 20.0 Å². The molecule has 0 saturated heterocycles. The normalized spacial score (nSPS) is 10.8. The molecule has 2 heteroatoms. The summed E-state index contributed by atoms with van der Waals surface area (Å²) in [6, 6.07) is 16.4. The number of rotatable bonds is 5. The number of aromatic nitrogens is 1. The minimum Gasteiger partial charge on any atom is -0.487 e. The molecule has 1 heterocycles. The van der Waals surface area contributed by atoms with Gasteiger partial charge in [0.25, 0.3) is 0 Å². The average molecular weight is 264 g/mol. The zero-order valence-corrected chi connectivity index (χ0v) is 11.6.